The second-order valence-electron chi connectivity index (χ2n) is 7.36. The van der Waals surface area contributed by atoms with Gasteiger partial charge in [-0.25, -0.2) is 0 Å². The minimum atomic E-state index is 0.184. The molecule has 1 aromatic carbocycles. The number of aromatic nitrogens is 1. The van der Waals surface area contributed by atoms with Crippen LogP contribution >= 0.6 is 0 Å². The maximum atomic E-state index is 3.88. The highest BCUT2D eigenvalue weighted by atomic mass is 15.3. The van der Waals surface area contributed by atoms with Crippen LogP contribution in [0.3, 0.4) is 0 Å². The van der Waals surface area contributed by atoms with E-state index in [0.717, 1.165) is 6.54 Å². The van der Waals surface area contributed by atoms with E-state index in [-0.39, 0.29) is 5.54 Å². The van der Waals surface area contributed by atoms with Gasteiger partial charge in [0.05, 0.1) is 0 Å². The Kier molecular flexibility index (Phi) is 3.00. The molecule has 1 saturated heterocycles. The lowest BCUT2D eigenvalue weighted by molar-refractivity contribution is 0.199. The highest BCUT2D eigenvalue weighted by Gasteiger charge is 2.40. The van der Waals surface area contributed by atoms with Crippen LogP contribution in [0.4, 0.5) is 5.69 Å². The van der Waals surface area contributed by atoms with Crippen LogP contribution in [-0.4, -0.2) is 29.2 Å². The lowest BCUT2D eigenvalue weighted by Gasteiger charge is -2.52. The smallest absolute Gasteiger partial charge is 0.0474 e. The van der Waals surface area contributed by atoms with E-state index in [4.69, 9.17) is 0 Å². The topological polar surface area (TPSA) is 31.1 Å². The summed E-state index contributed by atoms with van der Waals surface area (Å²) < 4.78 is 0. The summed E-state index contributed by atoms with van der Waals surface area (Å²) in [5.41, 5.74) is 2.80. The monoisotopic (exact) mass is 283 g/mol. The van der Waals surface area contributed by atoms with Crippen LogP contribution in [0.25, 0.3) is 10.9 Å². The van der Waals surface area contributed by atoms with Crippen molar-refractivity contribution in [3.05, 3.63) is 30.5 Å². The maximum Gasteiger partial charge on any atom is 0.0474 e. The summed E-state index contributed by atoms with van der Waals surface area (Å²) in [6.45, 7) is 5.75. The first-order valence-electron chi connectivity index (χ1n) is 8.24. The Labute approximate surface area is 126 Å². The molecule has 2 heterocycles. The molecule has 2 atom stereocenters. The van der Waals surface area contributed by atoms with Crippen molar-refractivity contribution in [1.82, 2.24) is 10.3 Å². The molecule has 1 saturated carbocycles. The summed E-state index contributed by atoms with van der Waals surface area (Å²) in [4.78, 5) is 6.00. The molecule has 1 aliphatic carbocycles. The Bertz CT molecular complexity index is 643. The van der Waals surface area contributed by atoms with Gasteiger partial charge in [-0.15, -0.1) is 0 Å². The van der Waals surface area contributed by atoms with E-state index in [1.807, 2.05) is 6.20 Å². The molecule has 4 rings (SSSR count). The fourth-order valence-corrected chi connectivity index (χ4v) is 4.24. The molecule has 3 nitrogen and oxygen atoms in total. The number of nitrogens with one attached hydrogen (secondary N) is 2. The van der Waals surface area contributed by atoms with Crippen molar-refractivity contribution in [1.29, 1.82) is 0 Å². The van der Waals surface area contributed by atoms with Crippen molar-refractivity contribution in [2.75, 3.05) is 11.4 Å². The van der Waals surface area contributed by atoms with Crippen molar-refractivity contribution < 1.29 is 0 Å². The molecule has 3 heteroatoms. The normalized spacial score (nSPS) is 28.6. The predicted molar refractivity (Wildman–Crippen MR) is 88.9 cm³/mol. The Morgan fingerprint density at radius 1 is 1.14 bits per heavy atom. The Hall–Kier alpha value is -1.48. The average Bonchev–Trinajstić information content (AvgIpc) is 2.92. The molecule has 2 aromatic rings. The molecule has 1 aliphatic heterocycles. The first kappa shape index (κ1) is 13.2. The number of benzene rings is 1. The molecular formula is C18H25N3. The molecule has 0 bridgehead atoms. The maximum absolute atomic E-state index is 3.88. The number of rotatable bonds is 1. The van der Waals surface area contributed by atoms with Crippen molar-refractivity contribution in [2.45, 2.75) is 57.2 Å². The van der Waals surface area contributed by atoms with Crippen LogP contribution in [0.15, 0.2) is 30.5 Å². The quantitative estimate of drug-likeness (QED) is 0.836. The van der Waals surface area contributed by atoms with Crippen molar-refractivity contribution in [3.8, 4) is 0 Å². The number of aromatic amines is 1. The lowest BCUT2D eigenvalue weighted by Crippen LogP contribution is -2.67. The van der Waals surface area contributed by atoms with Gasteiger partial charge < -0.3 is 15.2 Å². The van der Waals surface area contributed by atoms with Crippen LogP contribution in [0, 0.1) is 0 Å². The lowest BCUT2D eigenvalue weighted by atomic mass is 9.83. The summed E-state index contributed by atoms with van der Waals surface area (Å²) in [5, 5.41) is 5.18. The largest absolute Gasteiger partial charge is 0.365 e. The van der Waals surface area contributed by atoms with Gasteiger partial charge in [0.1, 0.15) is 0 Å². The number of anilines is 1. The van der Waals surface area contributed by atoms with Crippen molar-refractivity contribution >= 4 is 16.6 Å². The number of H-pyrrole nitrogens is 1. The Morgan fingerprint density at radius 2 is 2.00 bits per heavy atom. The summed E-state index contributed by atoms with van der Waals surface area (Å²) >= 11 is 0. The molecule has 2 N–H and O–H groups in total. The van der Waals surface area contributed by atoms with Crippen molar-refractivity contribution in [2.24, 2.45) is 0 Å². The van der Waals surface area contributed by atoms with E-state index in [1.54, 1.807) is 0 Å². The summed E-state index contributed by atoms with van der Waals surface area (Å²) in [7, 11) is 0. The number of fused-ring (bicyclic) bond motifs is 2. The third-order valence-electron chi connectivity index (χ3n) is 5.14. The van der Waals surface area contributed by atoms with Gasteiger partial charge in [-0.3, -0.25) is 0 Å². The van der Waals surface area contributed by atoms with E-state index >= 15 is 0 Å². The van der Waals surface area contributed by atoms with Gasteiger partial charge in [0.2, 0.25) is 0 Å². The van der Waals surface area contributed by atoms with Gasteiger partial charge in [0.15, 0.2) is 0 Å². The van der Waals surface area contributed by atoms with E-state index in [9.17, 15) is 0 Å². The zero-order chi connectivity index (χ0) is 14.4. The second kappa shape index (κ2) is 4.77. The average molecular weight is 283 g/mol. The molecule has 0 amide bonds. The molecule has 0 spiro atoms. The van der Waals surface area contributed by atoms with Gasteiger partial charge in [-0.05, 0) is 50.3 Å². The van der Waals surface area contributed by atoms with Gasteiger partial charge in [-0.1, -0.05) is 18.9 Å². The Morgan fingerprint density at radius 3 is 2.90 bits per heavy atom. The molecule has 1 aromatic heterocycles. The number of hydrogen-bond donors (Lipinski definition) is 2. The second-order valence-corrected chi connectivity index (χ2v) is 7.36. The van der Waals surface area contributed by atoms with Gasteiger partial charge in [0.25, 0.3) is 0 Å². The molecular weight excluding hydrogens is 258 g/mol. The van der Waals surface area contributed by atoms with Crippen LogP contribution in [-0.2, 0) is 0 Å². The summed E-state index contributed by atoms with van der Waals surface area (Å²) in [6, 6.07) is 10.3. The van der Waals surface area contributed by atoms with Gasteiger partial charge in [-0.2, -0.15) is 0 Å². The standard InChI is InChI=1S/C18H25N3/c1-18(2)12-21(17-6-4-3-5-15(17)20-18)14-8-7-13-9-10-19-16(13)11-14/h7-11,15,17,19-20H,3-6,12H2,1-2H3. The number of piperazine rings is 1. The van der Waals surface area contributed by atoms with Crippen LogP contribution < -0.4 is 10.2 Å². The molecule has 2 fully saturated rings. The van der Waals surface area contributed by atoms with E-state index in [1.165, 1.54) is 42.3 Å². The number of nitrogens with zero attached hydrogens (tertiary/aromatic N) is 1. The third-order valence-corrected chi connectivity index (χ3v) is 5.14. The van der Waals surface area contributed by atoms with E-state index < -0.39 is 0 Å². The zero-order valence-corrected chi connectivity index (χ0v) is 13.0. The van der Waals surface area contributed by atoms with E-state index in [0.29, 0.717) is 12.1 Å². The fourth-order valence-electron chi connectivity index (χ4n) is 4.24. The fraction of sp³-hybridized carbons (Fsp3) is 0.556. The first-order chi connectivity index (χ1) is 10.1. The SMILES string of the molecule is CC1(C)CN(c2ccc3cc[nH]c3c2)C2CCCCC2N1. The van der Waals surface area contributed by atoms with E-state index in [2.05, 4.69) is 53.3 Å². The van der Waals surface area contributed by atoms with Crippen molar-refractivity contribution in [3.63, 3.8) is 0 Å². The molecule has 2 aliphatic rings. The highest BCUT2D eigenvalue weighted by Crippen LogP contribution is 2.34. The minimum absolute atomic E-state index is 0.184. The molecule has 21 heavy (non-hydrogen) atoms. The van der Waals surface area contributed by atoms with Crippen LogP contribution in [0.1, 0.15) is 39.5 Å². The minimum Gasteiger partial charge on any atom is -0.365 e. The van der Waals surface area contributed by atoms with Gasteiger partial charge >= 0.3 is 0 Å². The summed E-state index contributed by atoms with van der Waals surface area (Å²) in [6.07, 6.45) is 7.39. The third kappa shape index (κ3) is 2.34. The van der Waals surface area contributed by atoms with Crippen LogP contribution in [0.2, 0.25) is 0 Å². The molecule has 0 radical (unpaired) electrons. The highest BCUT2D eigenvalue weighted by molar-refractivity contribution is 5.83. The molecule has 2 unspecified atom stereocenters. The molecule has 112 valence electrons. The first-order valence-corrected chi connectivity index (χ1v) is 8.24. The summed E-state index contributed by atoms with van der Waals surface area (Å²) in [5.74, 6) is 0. The Balaban J connectivity index is 1.72. The van der Waals surface area contributed by atoms with Gasteiger partial charge in [0, 0.05) is 41.6 Å². The van der Waals surface area contributed by atoms with Crippen LogP contribution in [0.5, 0.6) is 0 Å². The predicted octanol–water partition coefficient (Wildman–Crippen LogP) is 3.67. The number of hydrogen-bond acceptors (Lipinski definition) is 2. The zero-order valence-electron chi connectivity index (χ0n) is 13.0.